The van der Waals surface area contributed by atoms with Crippen molar-refractivity contribution >= 4 is 0 Å². The molecule has 3 nitrogen and oxygen atoms in total. The lowest BCUT2D eigenvalue weighted by atomic mass is 9.72. The summed E-state index contributed by atoms with van der Waals surface area (Å²) in [6.45, 7) is 6.22. The second-order valence-corrected chi connectivity index (χ2v) is 5.59. The topological polar surface area (TPSA) is 35.5 Å². The van der Waals surface area contributed by atoms with Gasteiger partial charge in [0.1, 0.15) is 0 Å². The van der Waals surface area contributed by atoms with Gasteiger partial charge in [-0.05, 0) is 58.2 Å². The first-order valence-corrected chi connectivity index (χ1v) is 6.21. The Bertz CT molecular complexity index is 218. The van der Waals surface area contributed by atoms with Crippen molar-refractivity contribution < 1.29 is 5.11 Å². The summed E-state index contributed by atoms with van der Waals surface area (Å²) in [5, 5.41) is 13.7. The Morgan fingerprint density at radius 3 is 2.87 bits per heavy atom. The minimum atomic E-state index is -0.499. The van der Waals surface area contributed by atoms with Crippen molar-refractivity contribution in [2.45, 2.75) is 31.8 Å². The summed E-state index contributed by atoms with van der Waals surface area (Å²) in [6.07, 6.45) is 3.72. The molecule has 2 aliphatic rings. The van der Waals surface area contributed by atoms with Crippen LogP contribution in [0.25, 0.3) is 0 Å². The molecule has 0 aromatic heterocycles. The van der Waals surface area contributed by atoms with Gasteiger partial charge in [-0.25, -0.2) is 0 Å². The maximum absolute atomic E-state index is 10.4. The fourth-order valence-electron chi connectivity index (χ4n) is 3.32. The third kappa shape index (κ3) is 2.52. The van der Waals surface area contributed by atoms with Gasteiger partial charge in [0.05, 0.1) is 5.60 Å². The molecule has 3 heteroatoms. The van der Waals surface area contributed by atoms with Crippen LogP contribution < -0.4 is 5.32 Å². The fourth-order valence-corrected chi connectivity index (χ4v) is 3.32. The Labute approximate surface area is 92.8 Å². The summed E-state index contributed by atoms with van der Waals surface area (Å²) in [5.41, 5.74) is -0.499. The molecule has 0 aromatic carbocycles. The van der Waals surface area contributed by atoms with Crippen molar-refractivity contribution in [2.75, 3.05) is 33.2 Å². The van der Waals surface area contributed by atoms with Gasteiger partial charge in [0, 0.05) is 13.1 Å². The van der Waals surface area contributed by atoms with E-state index in [1.807, 2.05) is 6.92 Å². The Hall–Kier alpha value is -0.120. The van der Waals surface area contributed by atoms with Gasteiger partial charge < -0.3 is 15.3 Å². The van der Waals surface area contributed by atoms with Gasteiger partial charge in [-0.15, -0.1) is 0 Å². The zero-order valence-electron chi connectivity index (χ0n) is 10.00. The number of hydrogen-bond acceptors (Lipinski definition) is 3. The second-order valence-electron chi connectivity index (χ2n) is 5.59. The lowest BCUT2D eigenvalue weighted by Gasteiger charge is -2.45. The van der Waals surface area contributed by atoms with Crippen LogP contribution in [0.5, 0.6) is 0 Å². The van der Waals surface area contributed by atoms with E-state index in [2.05, 4.69) is 17.3 Å². The Balaban J connectivity index is 2.01. The highest BCUT2D eigenvalue weighted by atomic mass is 16.3. The molecular formula is C12H24N2O. The molecule has 88 valence electrons. The number of rotatable bonds is 1. The number of β-amino-alcohol motifs (C(OH)–C–C–N with tert-alkyl or cyclic N) is 1. The van der Waals surface area contributed by atoms with E-state index in [4.69, 9.17) is 0 Å². The van der Waals surface area contributed by atoms with Crippen LogP contribution in [0, 0.1) is 11.8 Å². The SMILES string of the molecule is CN1CCCC(C2CCNCC2(C)O)C1. The molecule has 2 rings (SSSR count). The highest BCUT2D eigenvalue weighted by Gasteiger charge is 2.40. The quantitative estimate of drug-likeness (QED) is 0.671. The van der Waals surface area contributed by atoms with E-state index in [1.54, 1.807) is 0 Å². The number of piperidine rings is 2. The van der Waals surface area contributed by atoms with Crippen LogP contribution in [0.3, 0.4) is 0 Å². The second kappa shape index (κ2) is 4.40. The van der Waals surface area contributed by atoms with Gasteiger partial charge in [-0.1, -0.05) is 0 Å². The van der Waals surface area contributed by atoms with Crippen LogP contribution in [0.15, 0.2) is 0 Å². The van der Waals surface area contributed by atoms with E-state index < -0.39 is 5.60 Å². The molecule has 0 radical (unpaired) electrons. The van der Waals surface area contributed by atoms with Gasteiger partial charge in [-0.3, -0.25) is 0 Å². The molecule has 2 saturated heterocycles. The Kier molecular flexibility index (Phi) is 3.33. The number of hydrogen-bond donors (Lipinski definition) is 2. The van der Waals surface area contributed by atoms with Crippen molar-refractivity contribution in [3.05, 3.63) is 0 Å². The van der Waals surface area contributed by atoms with Gasteiger partial charge in [-0.2, -0.15) is 0 Å². The van der Waals surface area contributed by atoms with Gasteiger partial charge in [0.2, 0.25) is 0 Å². The van der Waals surface area contributed by atoms with Crippen molar-refractivity contribution in [3.8, 4) is 0 Å². The van der Waals surface area contributed by atoms with Crippen molar-refractivity contribution in [2.24, 2.45) is 11.8 Å². The lowest BCUT2D eigenvalue weighted by molar-refractivity contribution is -0.0567. The number of aliphatic hydroxyl groups is 1. The van der Waals surface area contributed by atoms with Crippen LogP contribution >= 0.6 is 0 Å². The predicted molar refractivity (Wildman–Crippen MR) is 61.8 cm³/mol. The average Bonchev–Trinajstić information content (AvgIpc) is 2.17. The molecule has 2 N–H and O–H groups in total. The lowest BCUT2D eigenvalue weighted by Crippen LogP contribution is -2.54. The first-order valence-electron chi connectivity index (χ1n) is 6.21. The Morgan fingerprint density at radius 2 is 2.20 bits per heavy atom. The number of nitrogens with one attached hydrogen (secondary N) is 1. The molecule has 0 aliphatic carbocycles. The summed E-state index contributed by atoms with van der Waals surface area (Å²) in [4.78, 5) is 2.41. The molecule has 2 fully saturated rings. The van der Waals surface area contributed by atoms with E-state index >= 15 is 0 Å². The summed E-state index contributed by atoms with van der Waals surface area (Å²) in [6, 6.07) is 0. The van der Waals surface area contributed by atoms with Crippen LogP contribution in [-0.4, -0.2) is 48.8 Å². The molecule has 0 spiro atoms. The van der Waals surface area contributed by atoms with E-state index in [-0.39, 0.29) is 0 Å². The smallest absolute Gasteiger partial charge is 0.0775 e. The van der Waals surface area contributed by atoms with Crippen molar-refractivity contribution in [3.63, 3.8) is 0 Å². The molecule has 15 heavy (non-hydrogen) atoms. The van der Waals surface area contributed by atoms with Gasteiger partial charge in [0.25, 0.3) is 0 Å². The van der Waals surface area contributed by atoms with Crippen LogP contribution in [0.1, 0.15) is 26.2 Å². The Morgan fingerprint density at radius 1 is 1.40 bits per heavy atom. The molecule has 0 aromatic rings. The predicted octanol–water partition coefficient (Wildman–Crippen LogP) is 0.689. The third-order valence-electron chi connectivity index (χ3n) is 4.14. The summed E-state index contributed by atoms with van der Waals surface area (Å²) >= 11 is 0. The van der Waals surface area contributed by atoms with E-state index in [1.165, 1.54) is 25.9 Å². The minimum absolute atomic E-state index is 0.487. The zero-order chi connectivity index (χ0) is 10.9. The number of likely N-dealkylation sites (tertiary alicyclic amines) is 1. The minimum Gasteiger partial charge on any atom is -0.389 e. The molecular weight excluding hydrogens is 188 g/mol. The normalized spacial score (nSPS) is 44.2. The van der Waals surface area contributed by atoms with Gasteiger partial charge in [0.15, 0.2) is 0 Å². The molecule has 3 atom stereocenters. The van der Waals surface area contributed by atoms with Crippen LogP contribution in [0.4, 0.5) is 0 Å². The molecule has 2 aliphatic heterocycles. The highest BCUT2D eigenvalue weighted by molar-refractivity contribution is 4.93. The van der Waals surface area contributed by atoms with Gasteiger partial charge >= 0.3 is 0 Å². The summed E-state index contributed by atoms with van der Waals surface area (Å²) in [7, 11) is 2.20. The first kappa shape index (κ1) is 11.4. The zero-order valence-corrected chi connectivity index (χ0v) is 10.00. The van der Waals surface area contributed by atoms with Crippen LogP contribution in [-0.2, 0) is 0 Å². The van der Waals surface area contributed by atoms with E-state index in [0.29, 0.717) is 11.8 Å². The first-order chi connectivity index (χ1) is 7.09. The fraction of sp³-hybridized carbons (Fsp3) is 1.00. The molecule has 0 bridgehead atoms. The highest BCUT2D eigenvalue weighted by Crippen LogP contribution is 2.35. The molecule has 0 saturated carbocycles. The van der Waals surface area contributed by atoms with E-state index in [9.17, 15) is 5.11 Å². The average molecular weight is 212 g/mol. The monoisotopic (exact) mass is 212 g/mol. The maximum atomic E-state index is 10.4. The number of nitrogens with zero attached hydrogens (tertiary/aromatic N) is 1. The van der Waals surface area contributed by atoms with E-state index in [0.717, 1.165) is 19.5 Å². The maximum Gasteiger partial charge on any atom is 0.0775 e. The summed E-state index contributed by atoms with van der Waals surface area (Å²) in [5.74, 6) is 1.18. The van der Waals surface area contributed by atoms with Crippen molar-refractivity contribution in [1.29, 1.82) is 0 Å². The summed E-state index contributed by atoms with van der Waals surface area (Å²) < 4.78 is 0. The largest absolute Gasteiger partial charge is 0.389 e. The standard InChI is InChI=1S/C12H24N2O/c1-12(15)9-13-6-5-11(12)10-4-3-7-14(2)8-10/h10-11,13,15H,3-9H2,1-2H3. The molecule has 3 unspecified atom stereocenters. The van der Waals surface area contributed by atoms with Crippen molar-refractivity contribution in [1.82, 2.24) is 10.2 Å². The van der Waals surface area contributed by atoms with Crippen LogP contribution in [0.2, 0.25) is 0 Å². The third-order valence-corrected chi connectivity index (χ3v) is 4.14. The molecule has 0 amide bonds. The molecule has 2 heterocycles.